The van der Waals surface area contributed by atoms with Gasteiger partial charge in [-0.1, -0.05) is 30.3 Å². The van der Waals surface area contributed by atoms with Crippen molar-refractivity contribution in [3.8, 4) is 5.75 Å². The van der Waals surface area contributed by atoms with Gasteiger partial charge in [0.25, 0.3) is 0 Å². The monoisotopic (exact) mass is 389 g/mol. The highest BCUT2D eigenvalue weighted by molar-refractivity contribution is 5.94. The van der Waals surface area contributed by atoms with Gasteiger partial charge in [0.15, 0.2) is 0 Å². The first-order valence-corrected chi connectivity index (χ1v) is 9.27. The van der Waals surface area contributed by atoms with Gasteiger partial charge in [0.05, 0.1) is 6.54 Å². The van der Waals surface area contributed by atoms with Crippen molar-refractivity contribution in [3.63, 3.8) is 0 Å². The van der Waals surface area contributed by atoms with E-state index < -0.39 is 0 Å². The van der Waals surface area contributed by atoms with Gasteiger partial charge in [0.1, 0.15) is 12.4 Å². The molecule has 3 N–H and O–H groups in total. The molecular formula is C23H23N3O3. The fraction of sp³-hybridized carbons (Fsp3) is 0.130. The van der Waals surface area contributed by atoms with E-state index in [-0.39, 0.29) is 18.4 Å². The molecule has 0 spiro atoms. The van der Waals surface area contributed by atoms with Crippen LogP contribution in [-0.2, 0) is 16.2 Å². The fourth-order valence-electron chi connectivity index (χ4n) is 2.64. The maximum absolute atomic E-state index is 12.1. The lowest BCUT2D eigenvalue weighted by Gasteiger charge is -2.10. The van der Waals surface area contributed by atoms with Gasteiger partial charge in [-0.3, -0.25) is 9.59 Å². The maximum Gasteiger partial charge on any atom is 0.243 e. The van der Waals surface area contributed by atoms with E-state index in [0.717, 1.165) is 17.0 Å². The summed E-state index contributed by atoms with van der Waals surface area (Å²) >= 11 is 0. The summed E-state index contributed by atoms with van der Waals surface area (Å²) in [5.41, 5.74) is 3.30. The predicted octanol–water partition coefficient (Wildman–Crippen LogP) is 4.27. The van der Waals surface area contributed by atoms with Crippen LogP contribution in [0.5, 0.6) is 5.75 Å². The largest absolute Gasteiger partial charge is 0.489 e. The molecule has 0 aliphatic rings. The van der Waals surface area contributed by atoms with Gasteiger partial charge in [-0.25, -0.2) is 0 Å². The molecule has 0 aliphatic carbocycles. The molecule has 0 aliphatic heterocycles. The quantitative estimate of drug-likeness (QED) is 0.537. The highest BCUT2D eigenvalue weighted by Gasteiger charge is 2.04. The van der Waals surface area contributed by atoms with Crippen molar-refractivity contribution in [3.05, 3.63) is 84.4 Å². The summed E-state index contributed by atoms with van der Waals surface area (Å²) in [6.07, 6.45) is 0. The Balaban J connectivity index is 1.43. The highest BCUT2D eigenvalue weighted by atomic mass is 16.5. The zero-order chi connectivity index (χ0) is 20.5. The zero-order valence-electron chi connectivity index (χ0n) is 16.1. The second kappa shape index (κ2) is 9.94. The smallest absolute Gasteiger partial charge is 0.243 e. The van der Waals surface area contributed by atoms with Gasteiger partial charge in [0, 0.05) is 24.0 Å². The molecule has 29 heavy (non-hydrogen) atoms. The fourth-order valence-corrected chi connectivity index (χ4v) is 2.64. The van der Waals surface area contributed by atoms with Crippen LogP contribution in [0.25, 0.3) is 0 Å². The summed E-state index contributed by atoms with van der Waals surface area (Å²) in [4.78, 5) is 23.2. The number of carbonyl (C=O) groups excluding carboxylic acids is 2. The molecule has 0 heterocycles. The van der Waals surface area contributed by atoms with Crippen molar-refractivity contribution in [2.24, 2.45) is 0 Å². The summed E-state index contributed by atoms with van der Waals surface area (Å²) in [6, 6.07) is 24.4. The molecule has 2 amide bonds. The molecule has 6 heteroatoms. The van der Waals surface area contributed by atoms with Gasteiger partial charge in [-0.05, 0) is 54.1 Å². The number of carbonyl (C=O) groups is 2. The average Bonchev–Trinajstić information content (AvgIpc) is 2.73. The molecule has 0 atom stereocenters. The van der Waals surface area contributed by atoms with Crippen LogP contribution in [0, 0.1) is 0 Å². The van der Waals surface area contributed by atoms with E-state index in [0.29, 0.717) is 18.0 Å². The van der Waals surface area contributed by atoms with Crippen molar-refractivity contribution in [2.45, 2.75) is 13.5 Å². The number of hydrogen-bond acceptors (Lipinski definition) is 4. The van der Waals surface area contributed by atoms with E-state index in [9.17, 15) is 9.59 Å². The summed E-state index contributed by atoms with van der Waals surface area (Å²) in [7, 11) is 0. The van der Waals surface area contributed by atoms with E-state index in [1.54, 1.807) is 36.4 Å². The van der Waals surface area contributed by atoms with Crippen LogP contribution in [0.1, 0.15) is 12.5 Å². The zero-order valence-corrected chi connectivity index (χ0v) is 16.1. The topological polar surface area (TPSA) is 79.5 Å². The van der Waals surface area contributed by atoms with Crippen LogP contribution < -0.4 is 20.7 Å². The van der Waals surface area contributed by atoms with Crippen LogP contribution in [0.3, 0.4) is 0 Å². The maximum atomic E-state index is 12.1. The Morgan fingerprint density at radius 2 is 1.34 bits per heavy atom. The molecule has 3 aromatic rings. The number of hydrogen-bond donors (Lipinski definition) is 3. The van der Waals surface area contributed by atoms with E-state index in [1.165, 1.54) is 6.92 Å². The third kappa shape index (κ3) is 6.70. The Bertz CT molecular complexity index is 939. The lowest BCUT2D eigenvalue weighted by molar-refractivity contribution is -0.115. The first kappa shape index (κ1) is 19.9. The van der Waals surface area contributed by atoms with Crippen molar-refractivity contribution < 1.29 is 14.3 Å². The summed E-state index contributed by atoms with van der Waals surface area (Å²) < 4.78 is 5.74. The Morgan fingerprint density at radius 1 is 0.759 bits per heavy atom. The van der Waals surface area contributed by atoms with Crippen LogP contribution in [0.2, 0.25) is 0 Å². The SMILES string of the molecule is CC(=O)Nc1ccc(NCC(=O)Nc2ccc(OCc3ccccc3)cc2)cc1. The van der Waals surface area contributed by atoms with Gasteiger partial charge in [-0.2, -0.15) is 0 Å². The van der Waals surface area contributed by atoms with Crippen molar-refractivity contribution in [1.29, 1.82) is 0 Å². The molecule has 0 saturated heterocycles. The molecule has 0 fully saturated rings. The number of amides is 2. The minimum Gasteiger partial charge on any atom is -0.489 e. The molecule has 148 valence electrons. The third-order valence-corrected chi connectivity index (χ3v) is 4.04. The van der Waals surface area contributed by atoms with E-state index in [1.807, 2.05) is 42.5 Å². The molecular weight excluding hydrogens is 366 g/mol. The number of anilines is 3. The second-order valence-electron chi connectivity index (χ2n) is 6.46. The van der Waals surface area contributed by atoms with Crippen LogP contribution >= 0.6 is 0 Å². The number of benzene rings is 3. The molecule has 0 saturated carbocycles. The molecule has 0 radical (unpaired) electrons. The van der Waals surface area contributed by atoms with Gasteiger partial charge < -0.3 is 20.7 Å². The lowest BCUT2D eigenvalue weighted by Crippen LogP contribution is -2.21. The van der Waals surface area contributed by atoms with Crippen LogP contribution in [-0.4, -0.2) is 18.4 Å². The summed E-state index contributed by atoms with van der Waals surface area (Å²) in [5, 5.41) is 8.58. The van der Waals surface area contributed by atoms with Gasteiger partial charge in [0.2, 0.25) is 11.8 Å². The normalized spacial score (nSPS) is 10.1. The third-order valence-electron chi connectivity index (χ3n) is 4.04. The molecule has 3 aromatic carbocycles. The highest BCUT2D eigenvalue weighted by Crippen LogP contribution is 2.17. The van der Waals surface area contributed by atoms with Crippen molar-refractivity contribution in [1.82, 2.24) is 0 Å². The minimum absolute atomic E-state index is 0.124. The molecule has 0 unspecified atom stereocenters. The number of nitrogens with one attached hydrogen (secondary N) is 3. The summed E-state index contributed by atoms with van der Waals surface area (Å²) in [6.45, 7) is 2.08. The minimum atomic E-state index is -0.158. The lowest BCUT2D eigenvalue weighted by atomic mass is 10.2. The van der Waals surface area contributed by atoms with E-state index >= 15 is 0 Å². The summed E-state index contributed by atoms with van der Waals surface area (Å²) in [5.74, 6) is 0.458. The number of rotatable bonds is 8. The second-order valence-corrected chi connectivity index (χ2v) is 6.46. The van der Waals surface area contributed by atoms with E-state index in [4.69, 9.17) is 4.74 Å². The Hall–Kier alpha value is -3.80. The van der Waals surface area contributed by atoms with Gasteiger partial charge in [-0.15, -0.1) is 0 Å². The Morgan fingerprint density at radius 3 is 2.00 bits per heavy atom. The molecule has 3 rings (SSSR count). The van der Waals surface area contributed by atoms with E-state index in [2.05, 4.69) is 16.0 Å². The average molecular weight is 389 g/mol. The first-order valence-electron chi connectivity index (χ1n) is 9.27. The molecule has 6 nitrogen and oxygen atoms in total. The predicted molar refractivity (Wildman–Crippen MR) is 115 cm³/mol. The van der Waals surface area contributed by atoms with Crippen LogP contribution in [0.4, 0.5) is 17.1 Å². The van der Waals surface area contributed by atoms with Gasteiger partial charge >= 0.3 is 0 Å². The van der Waals surface area contributed by atoms with Crippen LogP contribution in [0.15, 0.2) is 78.9 Å². The molecule has 0 bridgehead atoms. The molecule has 0 aromatic heterocycles. The Kier molecular flexibility index (Phi) is 6.84. The first-order chi connectivity index (χ1) is 14.1. The van der Waals surface area contributed by atoms with Crippen molar-refractivity contribution in [2.75, 3.05) is 22.5 Å². The van der Waals surface area contributed by atoms with Crippen molar-refractivity contribution >= 4 is 28.9 Å². The standard InChI is InChI=1S/C23H23N3O3/c1-17(27)25-20-9-7-19(8-10-20)24-15-23(28)26-21-11-13-22(14-12-21)29-16-18-5-3-2-4-6-18/h2-14,24H,15-16H2,1H3,(H,25,27)(H,26,28). The number of ether oxygens (including phenoxy) is 1. The Labute approximate surface area is 169 Å².